The monoisotopic (exact) mass is 365 g/mol. The molecule has 0 saturated heterocycles. The van der Waals surface area contributed by atoms with Gasteiger partial charge in [-0.25, -0.2) is 0 Å². The first-order valence-corrected chi connectivity index (χ1v) is 8.79. The number of allylic oxidation sites excluding steroid dienone is 1. The van der Waals surface area contributed by atoms with Crippen molar-refractivity contribution in [1.29, 1.82) is 0 Å². The number of aromatic nitrogens is 1. The molecule has 126 valence electrons. The predicted molar refractivity (Wildman–Crippen MR) is 89.4 cm³/mol. The third kappa shape index (κ3) is 3.94. The minimum absolute atomic E-state index is 0.104. The normalized spacial score (nSPS) is 16.9. The molecule has 1 atom stereocenters. The van der Waals surface area contributed by atoms with E-state index in [9.17, 15) is 13.6 Å². The zero-order chi connectivity index (χ0) is 16.9. The molecule has 1 aromatic heterocycles. The molecule has 0 saturated carbocycles. The summed E-state index contributed by atoms with van der Waals surface area (Å²) in [6, 6.07) is 9.65. The number of rotatable bonds is 5. The van der Waals surface area contributed by atoms with E-state index >= 15 is 0 Å². The number of benzene rings is 1. The first kappa shape index (κ1) is 16.5. The lowest BCUT2D eigenvalue weighted by Gasteiger charge is -2.06. The molecule has 1 unspecified atom stereocenters. The molecule has 2 heterocycles. The second kappa shape index (κ2) is 7.47. The molecule has 3 rings (SSSR count). The molecule has 0 amide bonds. The summed E-state index contributed by atoms with van der Waals surface area (Å²) in [6.07, 6.45) is 3.19. The summed E-state index contributed by atoms with van der Waals surface area (Å²) >= 11 is -1.30. The van der Waals surface area contributed by atoms with Gasteiger partial charge in [0.25, 0.3) is 5.56 Å². The van der Waals surface area contributed by atoms with Gasteiger partial charge in [-0.05, 0) is 5.56 Å². The standard InChI is InChI=1S/C15H14N2O5S2/c18-15-14(23-13(17-15)7-16-24(19)20)11(12-8-21-9-22-12)6-10-4-2-1-3-5-10/h1-5,7-8,16H,6,9H2,(H,17,18)(H,19,20)/p-1. The summed E-state index contributed by atoms with van der Waals surface area (Å²) in [5.41, 5.74) is 1.39. The van der Waals surface area contributed by atoms with Crippen molar-refractivity contribution in [2.75, 3.05) is 6.79 Å². The molecule has 0 radical (unpaired) electrons. The number of H-pyrrole nitrogens is 1. The molecular weight excluding hydrogens is 352 g/mol. The highest BCUT2D eigenvalue weighted by Gasteiger charge is 2.16. The van der Waals surface area contributed by atoms with Gasteiger partial charge < -0.3 is 23.7 Å². The SMILES string of the molecule is O=c1[nH]c(=CNS(=O)[O-])sc1=C(Cc1ccccc1)C1=COCO1. The largest absolute Gasteiger partial charge is 0.755 e. The summed E-state index contributed by atoms with van der Waals surface area (Å²) < 4.78 is 34.6. The van der Waals surface area contributed by atoms with Crippen molar-refractivity contribution in [3.63, 3.8) is 0 Å². The van der Waals surface area contributed by atoms with Gasteiger partial charge in [0.15, 0.2) is 5.76 Å². The topological polar surface area (TPSA) is 103 Å². The molecule has 9 heteroatoms. The van der Waals surface area contributed by atoms with E-state index in [1.807, 2.05) is 30.3 Å². The highest BCUT2D eigenvalue weighted by molar-refractivity contribution is 7.77. The van der Waals surface area contributed by atoms with Crippen molar-refractivity contribution < 1.29 is 18.2 Å². The fourth-order valence-electron chi connectivity index (χ4n) is 2.20. The van der Waals surface area contributed by atoms with Crippen LogP contribution in [0.25, 0.3) is 11.8 Å². The Balaban J connectivity index is 2.10. The van der Waals surface area contributed by atoms with E-state index in [4.69, 9.17) is 9.47 Å². The van der Waals surface area contributed by atoms with E-state index in [1.165, 1.54) is 12.5 Å². The summed E-state index contributed by atoms with van der Waals surface area (Å²) in [4.78, 5) is 14.9. The maximum absolute atomic E-state index is 12.3. The summed E-state index contributed by atoms with van der Waals surface area (Å²) in [6.45, 7) is 0.104. The van der Waals surface area contributed by atoms with Gasteiger partial charge >= 0.3 is 0 Å². The Labute approximate surface area is 143 Å². The zero-order valence-electron chi connectivity index (χ0n) is 12.3. The molecule has 1 aliphatic rings. The quantitative estimate of drug-likeness (QED) is 0.714. The molecule has 2 aromatic rings. The lowest BCUT2D eigenvalue weighted by Crippen LogP contribution is -2.24. The maximum atomic E-state index is 12.3. The molecular formula is C15H13N2O5S2-. The molecule has 1 aliphatic heterocycles. The third-order valence-corrected chi connectivity index (χ3v) is 4.60. The molecule has 0 aliphatic carbocycles. The minimum Gasteiger partial charge on any atom is -0.755 e. The van der Waals surface area contributed by atoms with E-state index in [0.717, 1.165) is 16.9 Å². The average molecular weight is 365 g/mol. The fraction of sp³-hybridized carbons (Fsp3) is 0.133. The lowest BCUT2D eigenvalue weighted by atomic mass is 10.0. The third-order valence-electron chi connectivity index (χ3n) is 3.21. The van der Waals surface area contributed by atoms with E-state index in [2.05, 4.69) is 9.71 Å². The Morgan fingerprint density at radius 1 is 1.42 bits per heavy atom. The lowest BCUT2D eigenvalue weighted by molar-refractivity contribution is 0.0851. The van der Waals surface area contributed by atoms with E-state index in [-0.39, 0.29) is 12.4 Å². The Kier molecular flexibility index (Phi) is 5.14. The van der Waals surface area contributed by atoms with Crippen LogP contribution >= 0.6 is 11.3 Å². The number of hydrogen-bond donors (Lipinski definition) is 2. The Morgan fingerprint density at radius 2 is 2.21 bits per heavy atom. The summed E-state index contributed by atoms with van der Waals surface area (Å²) in [5, 5.41) is 0. The summed E-state index contributed by atoms with van der Waals surface area (Å²) in [7, 11) is 0. The van der Waals surface area contributed by atoms with Crippen LogP contribution in [0.3, 0.4) is 0 Å². The van der Waals surface area contributed by atoms with Gasteiger partial charge in [0.1, 0.15) is 15.5 Å². The molecule has 24 heavy (non-hydrogen) atoms. The van der Waals surface area contributed by atoms with Crippen LogP contribution < -0.4 is 19.5 Å². The van der Waals surface area contributed by atoms with Crippen LogP contribution in [-0.4, -0.2) is 20.5 Å². The van der Waals surface area contributed by atoms with Crippen LogP contribution in [0.4, 0.5) is 0 Å². The van der Waals surface area contributed by atoms with Crippen LogP contribution in [-0.2, 0) is 27.2 Å². The number of aromatic amines is 1. The Hall–Kier alpha value is -2.36. The van der Waals surface area contributed by atoms with Crippen LogP contribution in [0.15, 0.2) is 47.1 Å². The molecule has 0 spiro atoms. The molecule has 1 aromatic carbocycles. The molecule has 0 fully saturated rings. The molecule has 7 nitrogen and oxygen atoms in total. The highest BCUT2D eigenvalue weighted by atomic mass is 32.2. The fourth-order valence-corrected chi connectivity index (χ4v) is 3.40. The Bertz CT molecular complexity index is 946. The van der Waals surface area contributed by atoms with Gasteiger partial charge in [0.2, 0.25) is 6.79 Å². The van der Waals surface area contributed by atoms with Crippen molar-refractivity contribution in [1.82, 2.24) is 9.71 Å². The van der Waals surface area contributed by atoms with Gasteiger partial charge in [-0.2, -0.15) is 0 Å². The number of ether oxygens (including phenoxy) is 2. The van der Waals surface area contributed by atoms with Crippen LogP contribution in [0.5, 0.6) is 0 Å². The maximum Gasteiger partial charge on any atom is 0.266 e. The van der Waals surface area contributed by atoms with Crippen molar-refractivity contribution in [3.05, 3.63) is 67.5 Å². The van der Waals surface area contributed by atoms with E-state index in [0.29, 0.717) is 26.9 Å². The van der Waals surface area contributed by atoms with Gasteiger partial charge in [-0.3, -0.25) is 9.00 Å². The number of thiazole rings is 1. The predicted octanol–water partition coefficient (Wildman–Crippen LogP) is -0.203. The van der Waals surface area contributed by atoms with Gasteiger partial charge in [0, 0.05) is 29.5 Å². The Morgan fingerprint density at radius 3 is 2.88 bits per heavy atom. The highest BCUT2D eigenvalue weighted by Crippen LogP contribution is 2.21. The van der Waals surface area contributed by atoms with E-state index in [1.54, 1.807) is 0 Å². The van der Waals surface area contributed by atoms with E-state index < -0.39 is 11.3 Å². The molecule has 2 N–H and O–H groups in total. The molecule has 0 bridgehead atoms. The smallest absolute Gasteiger partial charge is 0.266 e. The average Bonchev–Trinajstić information content (AvgIpc) is 3.22. The number of hydrogen-bond acceptors (Lipinski definition) is 6. The van der Waals surface area contributed by atoms with Crippen LogP contribution in [0.2, 0.25) is 0 Å². The van der Waals surface area contributed by atoms with Crippen molar-refractivity contribution in [2.24, 2.45) is 0 Å². The second-order valence-electron chi connectivity index (χ2n) is 4.80. The first-order chi connectivity index (χ1) is 11.6. The zero-order valence-corrected chi connectivity index (χ0v) is 13.9. The van der Waals surface area contributed by atoms with Crippen LogP contribution in [0.1, 0.15) is 5.56 Å². The van der Waals surface area contributed by atoms with Gasteiger partial charge in [0.05, 0.1) is 0 Å². The van der Waals surface area contributed by atoms with Crippen molar-refractivity contribution in [3.8, 4) is 0 Å². The minimum atomic E-state index is -2.44. The van der Waals surface area contributed by atoms with Gasteiger partial charge in [-0.15, -0.1) is 11.3 Å². The van der Waals surface area contributed by atoms with Gasteiger partial charge in [-0.1, -0.05) is 30.3 Å². The first-order valence-electron chi connectivity index (χ1n) is 6.90. The second-order valence-corrected chi connectivity index (χ2v) is 6.56. The van der Waals surface area contributed by atoms with Crippen molar-refractivity contribution in [2.45, 2.75) is 6.42 Å². The summed E-state index contributed by atoms with van der Waals surface area (Å²) in [5.74, 6) is 0.498. The van der Waals surface area contributed by atoms with Crippen molar-refractivity contribution >= 4 is 34.4 Å². The van der Waals surface area contributed by atoms with Crippen LogP contribution in [0, 0.1) is 0 Å². The number of nitrogens with one attached hydrogen (secondary N) is 2.